The summed E-state index contributed by atoms with van der Waals surface area (Å²) in [5, 5.41) is 5.08. The van der Waals surface area contributed by atoms with E-state index in [1.807, 2.05) is 16.8 Å². The second-order valence-corrected chi connectivity index (χ2v) is 6.37. The van der Waals surface area contributed by atoms with E-state index in [4.69, 9.17) is 5.14 Å². The van der Waals surface area contributed by atoms with Crippen LogP contribution >= 0.6 is 0 Å². The number of nitrogens with zero attached hydrogens (tertiary/aromatic N) is 3. The summed E-state index contributed by atoms with van der Waals surface area (Å²) in [5.74, 6) is -0.0579. The van der Waals surface area contributed by atoms with Gasteiger partial charge in [-0.05, 0) is 18.6 Å². The van der Waals surface area contributed by atoms with Gasteiger partial charge in [-0.3, -0.25) is 4.79 Å². The van der Waals surface area contributed by atoms with Crippen molar-refractivity contribution in [2.24, 2.45) is 5.14 Å². The molecule has 0 unspecified atom stereocenters. The maximum atomic E-state index is 12.4. The summed E-state index contributed by atoms with van der Waals surface area (Å²) in [5.41, 5.74) is 0.649. The summed E-state index contributed by atoms with van der Waals surface area (Å²) in [6.07, 6.45) is 2.84. The monoisotopic (exact) mass is 300 g/mol. The molecule has 1 saturated heterocycles. The SMILES string of the molecule is CCCn1cccc1C(=O)N1CCN(S(N)(=O)=O)CC1. The lowest BCUT2D eigenvalue weighted by atomic mass is 10.3. The maximum absolute atomic E-state index is 12.4. The van der Waals surface area contributed by atoms with Gasteiger partial charge in [-0.15, -0.1) is 0 Å². The second-order valence-electron chi connectivity index (χ2n) is 4.82. The van der Waals surface area contributed by atoms with Crippen molar-refractivity contribution in [1.82, 2.24) is 13.8 Å². The molecule has 2 heterocycles. The van der Waals surface area contributed by atoms with Crippen molar-refractivity contribution in [3.63, 3.8) is 0 Å². The number of rotatable bonds is 4. The molecular weight excluding hydrogens is 280 g/mol. The third kappa shape index (κ3) is 3.20. The molecule has 0 atom stereocenters. The largest absolute Gasteiger partial charge is 0.344 e. The molecule has 20 heavy (non-hydrogen) atoms. The highest BCUT2D eigenvalue weighted by Gasteiger charge is 2.27. The fourth-order valence-corrected chi connectivity index (χ4v) is 3.02. The van der Waals surface area contributed by atoms with Gasteiger partial charge in [-0.2, -0.15) is 12.7 Å². The molecule has 0 spiro atoms. The molecule has 1 aliphatic heterocycles. The van der Waals surface area contributed by atoms with Crippen LogP contribution in [0.1, 0.15) is 23.8 Å². The molecule has 112 valence electrons. The number of hydrogen-bond acceptors (Lipinski definition) is 3. The molecule has 0 aromatic carbocycles. The van der Waals surface area contributed by atoms with Crippen molar-refractivity contribution in [3.05, 3.63) is 24.0 Å². The number of aromatic nitrogens is 1. The smallest absolute Gasteiger partial charge is 0.277 e. The summed E-state index contributed by atoms with van der Waals surface area (Å²) in [7, 11) is -3.66. The third-order valence-corrected chi connectivity index (χ3v) is 4.48. The van der Waals surface area contributed by atoms with E-state index < -0.39 is 10.2 Å². The molecule has 1 aromatic heterocycles. The molecule has 0 aliphatic carbocycles. The van der Waals surface area contributed by atoms with Gasteiger partial charge in [0.25, 0.3) is 16.1 Å². The normalized spacial score (nSPS) is 17.4. The van der Waals surface area contributed by atoms with Crippen LogP contribution in [0.4, 0.5) is 0 Å². The van der Waals surface area contributed by atoms with Crippen LogP contribution in [0.5, 0.6) is 0 Å². The molecule has 8 heteroatoms. The van der Waals surface area contributed by atoms with E-state index in [-0.39, 0.29) is 19.0 Å². The van der Waals surface area contributed by atoms with Crippen molar-refractivity contribution in [2.75, 3.05) is 26.2 Å². The number of carbonyl (C=O) groups excluding carboxylic acids is 1. The van der Waals surface area contributed by atoms with Gasteiger partial charge in [0.05, 0.1) is 0 Å². The first-order chi connectivity index (χ1) is 9.43. The van der Waals surface area contributed by atoms with Crippen LogP contribution < -0.4 is 5.14 Å². The van der Waals surface area contributed by atoms with Gasteiger partial charge in [0, 0.05) is 38.9 Å². The van der Waals surface area contributed by atoms with E-state index in [2.05, 4.69) is 6.92 Å². The van der Waals surface area contributed by atoms with Gasteiger partial charge in [0.15, 0.2) is 0 Å². The molecule has 1 aliphatic rings. The Labute approximate surface area is 119 Å². The van der Waals surface area contributed by atoms with Crippen molar-refractivity contribution in [3.8, 4) is 0 Å². The average molecular weight is 300 g/mol. The minimum Gasteiger partial charge on any atom is -0.344 e. The molecule has 2 N–H and O–H groups in total. The lowest BCUT2D eigenvalue weighted by Gasteiger charge is -2.33. The number of amides is 1. The third-order valence-electron chi connectivity index (χ3n) is 3.40. The Morgan fingerprint density at radius 3 is 2.50 bits per heavy atom. The number of piperazine rings is 1. The molecule has 1 amide bonds. The summed E-state index contributed by atoms with van der Waals surface area (Å²) < 4.78 is 25.6. The van der Waals surface area contributed by atoms with Crippen LogP contribution in [-0.2, 0) is 16.8 Å². The standard InChI is InChI=1S/C12H20N4O3S/c1-2-5-14-6-3-4-11(14)12(17)15-7-9-16(10-8-15)20(13,18)19/h3-4,6H,2,5,7-10H2,1H3,(H2,13,18,19). The first kappa shape index (κ1) is 15.0. The quantitative estimate of drug-likeness (QED) is 0.839. The van der Waals surface area contributed by atoms with Gasteiger partial charge in [-0.1, -0.05) is 6.92 Å². The summed E-state index contributed by atoms with van der Waals surface area (Å²) >= 11 is 0. The first-order valence-electron chi connectivity index (χ1n) is 6.65. The molecule has 1 aromatic rings. The maximum Gasteiger partial charge on any atom is 0.277 e. The summed E-state index contributed by atoms with van der Waals surface area (Å²) in [4.78, 5) is 14.1. The highest BCUT2D eigenvalue weighted by atomic mass is 32.2. The Kier molecular flexibility index (Phi) is 4.46. The predicted octanol–water partition coefficient (Wildman–Crippen LogP) is -0.141. The van der Waals surface area contributed by atoms with Gasteiger partial charge in [0.2, 0.25) is 0 Å². The van der Waals surface area contributed by atoms with Gasteiger partial charge in [0.1, 0.15) is 5.69 Å². The summed E-state index contributed by atoms with van der Waals surface area (Å²) in [6.45, 7) is 4.08. The van der Waals surface area contributed by atoms with E-state index in [1.165, 1.54) is 4.31 Å². The highest BCUT2D eigenvalue weighted by Crippen LogP contribution is 2.11. The van der Waals surface area contributed by atoms with Crippen LogP contribution in [0.2, 0.25) is 0 Å². The molecule has 2 rings (SSSR count). The van der Waals surface area contributed by atoms with E-state index >= 15 is 0 Å². The van der Waals surface area contributed by atoms with Crippen molar-refractivity contribution in [2.45, 2.75) is 19.9 Å². The topological polar surface area (TPSA) is 88.6 Å². The molecular formula is C12H20N4O3S. The van der Waals surface area contributed by atoms with Gasteiger partial charge < -0.3 is 9.47 Å². The number of nitrogens with two attached hydrogens (primary N) is 1. The molecule has 7 nitrogen and oxygen atoms in total. The first-order valence-corrected chi connectivity index (χ1v) is 8.16. The number of aryl methyl sites for hydroxylation is 1. The van der Waals surface area contributed by atoms with Crippen LogP contribution in [0.25, 0.3) is 0 Å². The molecule has 0 saturated carbocycles. The number of carbonyl (C=O) groups is 1. The lowest BCUT2D eigenvalue weighted by molar-refractivity contribution is 0.0687. The second kappa shape index (κ2) is 5.94. The minimum absolute atomic E-state index is 0.0579. The van der Waals surface area contributed by atoms with E-state index in [0.717, 1.165) is 13.0 Å². The zero-order valence-electron chi connectivity index (χ0n) is 11.5. The van der Waals surface area contributed by atoms with E-state index in [1.54, 1.807) is 11.0 Å². The Hall–Kier alpha value is -1.38. The zero-order valence-corrected chi connectivity index (χ0v) is 12.3. The molecule has 0 bridgehead atoms. The van der Waals surface area contributed by atoms with Gasteiger partial charge in [-0.25, -0.2) is 5.14 Å². The summed E-state index contributed by atoms with van der Waals surface area (Å²) in [6, 6.07) is 3.65. The molecule has 1 fully saturated rings. The fourth-order valence-electron chi connectivity index (χ4n) is 2.35. The minimum atomic E-state index is -3.66. The van der Waals surface area contributed by atoms with Crippen LogP contribution in [0.3, 0.4) is 0 Å². The predicted molar refractivity (Wildman–Crippen MR) is 75.3 cm³/mol. The highest BCUT2D eigenvalue weighted by molar-refractivity contribution is 7.86. The Bertz CT molecular complexity index is 573. The lowest BCUT2D eigenvalue weighted by Crippen LogP contribution is -2.52. The number of hydrogen-bond donors (Lipinski definition) is 1. The zero-order chi connectivity index (χ0) is 14.8. The van der Waals surface area contributed by atoms with Gasteiger partial charge >= 0.3 is 0 Å². The van der Waals surface area contributed by atoms with E-state index in [0.29, 0.717) is 18.8 Å². The van der Waals surface area contributed by atoms with Crippen LogP contribution in [0.15, 0.2) is 18.3 Å². The van der Waals surface area contributed by atoms with Crippen LogP contribution in [-0.4, -0.2) is 54.3 Å². The van der Waals surface area contributed by atoms with Crippen molar-refractivity contribution >= 4 is 16.1 Å². The Morgan fingerprint density at radius 1 is 1.30 bits per heavy atom. The Balaban J connectivity index is 2.03. The fraction of sp³-hybridized carbons (Fsp3) is 0.583. The van der Waals surface area contributed by atoms with Crippen LogP contribution in [0, 0.1) is 0 Å². The van der Waals surface area contributed by atoms with Crippen molar-refractivity contribution in [1.29, 1.82) is 0 Å². The van der Waals surface area contributed by atoms with E-state index in [9.17, 15) is 13.2 Å². The molecule has 0 radical (unpaired) electrons. The Morgan fingerprint density at radius 2 is 1.95 bits per heavy atom. The van der Waals surface area contributed by atoms with Crippen molar-refractivity contribution < 1.29 is 13.2 Å². The average Bonchev–Trinajstić information content (AvgIpc) is 2.86.